The van der Waals surface area contributed by atoms with Crippen LogP contribution in [0.4, 0.5) is 11.4 Å². The van der Waals surface area contributed by atoms with Gasteiger partial charge in [-0.3, -0.25) is 4.79 Å². The molecule has 5 nitrogen and oxygen atoms in total. The van der Waals surface area contributed by atoms with Crippen LogP contribution in [0.15, 0.2) is 66.7 Å². The van der Waals surface area contributed by atoms with Crippen LogP contribution >= 0.6 is 11.6 Å². The van der Waals surface area contributed by atoms with E-state index in [1.807, 2.05) is 12.1 Å². The topological polar surface area (TPSA) is 69.6 Å². The van der Waals surface area contributed by atoms with Crippen LogP contribution < -0.4 is 10.2 Å². The van der Waals surface area contributed by atoms with Crippen molar-refractivity contribution >= 4 is 34.9 Å². The Balaban J connectivity index is 1.54. The first-order valence-corrected chi connectivity index (χ1v) is 10.5. The number of carboxylic acid groups (broad SMARTS) is 1. The predicted octanol–water partition coefficient (Wildman–Crippen LogP) is 5.59. The molecule has 1 saturated heterocycles. The third-order valence-corrected chi connectivity index (χ3v) is 6.02. The molecule has 6 heteroatoms. The summed E-state index contributed by atoms with van der Waals surface area (Å²) in [5, 5.41) is 13.0. The summed E-state index contributed by atoms with van der Waals surface area (Å²) < 4.78 is 0. The lowest BCUT2D eigenvalue weighted by Gasteiger charge is -2.21. The standard InChI is InChI=1S/C25H23ClN2O3/c1-16-4-2-3-5-21(16)18-12-13-28(15-18)20-10-11-23(22(14-20)25(30)31)27-24(29)17-6-8-19(26)9-7-17/h2-11,14,18H,12-13,15H2,1H3,(H,27,29)(H,30,31). The molecular weight excluding hydrogens is 412 g/mol. The van der Waals surface area contributed by atoms with Crippen molar-refractivity contribution in [3.63, 3.8) is 0 Å². The molecule has 1 aliphatic heterocycles. The normalized spacial score (nSPS) is 15.7. The van der Waals surface area contributed by atoms with E-state index < -0.39 is 5.97 Å². The van der Waals surface area contributed by atoms with Crippen molar-refractivity contribution in [1.82, 2.24) is 0 Å². The third-order valence-electron chi connectivity index (χ3n) is 5.77. The molecule has 1 atom stereocenters. The summed E-state index contributed by atoms with van der Waals surface area (Å²) in [6.07, 6.45) is 1.02. The molecule has 1 amide bonds. The Hall–Kier alpha value is -3.31. The lowest BCUT2D eigenvalue weighted by Crippen LogP contribution is -2.20. The molecule has 31 heavy (non-hydrogen) atoms. The molecule has 0 aliphatic carbocycles. The van der Waals surface area contributed by atoms with Gasteiger partial charge in [0, 0.05) is 35.3 Å². The van der Waals surface area contributed by atoms with Gasteiger partial charge in [0.2, 0.25) is 0 Å². The molecule has 0 aromatic heterocycles. The molecule has 0 bridgehead atoms. The van der Waals surface area contributed by atoms with E-state index in [4.69, 9.17) is 11.6 Å². The number of hydrogen-bond donors (Lipinski definition) is 2. The maximum Gasteiger partial charge on any atom is 0.337 e. The van der Waals surface area contributed by atoms with Crippen LogP contribution in [-0.4, -0.2) is 30.1 Å². The number of carbonyl (C=O) groups excluding carboxylic acids is 1. The van der Waals surface area contributed by atoms with E-state index in [2.05, 4.69) is 35.3 Å². The van der Waals surface area contributed by atoms with E-state index in [-0.39, 0.29) is 17.2 Å². The number of nitrogens with one attached hydrogen (secondary N) is 1. The third kappa shape index (κ3) is 4.57. The van der Waals surface area contributed by atoms with Crippen molar-refractivity contribution < 1.29 is 14.7 Å². The van der Waals surface area contributed by atoms with Crippen molar-refractivity contribution in [3.8, 4) is 0 Å². The fourth-order valence-electron chi connectivity index (χ4n) is 4.10. The molecule has 4 rings (SSSR count). The zero-order valence-electron chi connectivity index (χ0n) is 17.1. The van der Waals surface area contributed by atoms with Gasteiger partial charge in [-0.05, 0) is 66.9 Å². The second-order valence-electron chi connectivity index (χ2n) is 7.78. The Morgan fingerprint density at radius 1 is 1.06 bits per heavy atom. The van der Waals surface area contributed by atoms with Gasteiger partial charge < -0.3 is 15.3 Å². The molecule has 1 fully saturated rings. The zero-order chi connectivity index (χ0) is 22.0. The molecule has 1 aliphatic rings. The second-order valence-corrected chi connectivity index (χ2v) is 8.22. The number of amides is 1. The Morgan fingerprint density at radius 2 is 1.81 bits per heavy atom. The maximum atomic E-state index is 12.5. The van der Waals surface area contributed by atoms with Crippen LogP contribution in [0.5, 0.6) is 0 Å². The Morgan fingerprint density at radius 3 is 2.52 bits per heavy atom. The summed E-state index contributed by atoms with van der Waals surface area (Å²) in [6.45, 7) is 3.81. The minimum atomic E-state index is -1.08. The summed E-state index contributed by atoms with van der Waals surface area (Å²) in [5.41, 5.74) is 4.21. The highest BCUT2D eigenvalue weighted by Gasteiger charge is 2.26. The van der Waals surface area contributed by atoms with E-state index in [9.17, 15) is 14.7 Å². The first-order valence-electron chi connectivity index (χ1n) is 10.2. The minimum Gasteiger partial charge on any atom is -0.478 e. The first kappa shape index (κ1) is 20.9. The number of halogens is 1. The van der Waals surface area contributed by atoms with Gasteiger partial charge in [0.05, 0.1) is 11.3 Å². The minimum absolute atomic E-state index is 0.0687. The molecular formula is C25H23ClN2O3. The molecule has 1 heterocycles. The van der Waals surface area contributed by atoms with Gasteiger partial charge in [0.25, 0.3) is 5.91 Å². The average Bonchev–Trinajstić information content (AvgIpc) is 3.24. The van der Waals surface area contributed by atoms with Crippen LogP contribution in [0.1, 0.15) is 44.2 Å². The van der Waals surface area contributed by atoms with Crippen LogP contribution in [0.2, 0.25) is 5.02 Å². The van der Waals surface area contributed by atoms with Crippen LogP contribution in [0, 0.1) is 6.92 Å². The summed E-state index contributed by atoms with van der Waals surface area (Å²) >= 11 is 5.87. The van der Waals surface area contributed by atoms with Gasteiger partial charge in [-0.15, -0.1) is 0 Å². The molecule has 1 unspecified atom stereocenters. The smallest absolute Gasteiger partial charge is 0.337 e. The fraction of sp³-hybridized carbons (Fsp3) is 0.200. The van der Waals surface area contributed by atoms with E-state index in [0.29, 0.717) is 16.5 Å². The van der Waals surface area contributed by atoms with Crippen molar-refractivity contribution in [2.75, 3.05) is 23.3 Å². The molecule has 158 valence electrons. The highest BCUT2D eigenvalue weighted by molar-refractivity contribution is 6.30. The largest absolute Gasteiger partial charge is 0.478 e. The number of carboxylic acids is 1. The Kier molecular flexibility index (Phi) is 5.96. The fourth-order valence-corrected chi connectivity index (χ4v) is 4.23. The van der Waals surface area contributed by atoms with Gasteiger partial charge in [-0.2, -0.15) is 0 Å². The van der Waals surface area contributed by atoms with Gasteiger partial charge in [-0.25, -0.2) is 4.79 Å². The number of anilines is 2. The lowest BCUT2D eigenvalue weighted by atomic mass is 9.94. The zero-order valence-corrected chi connectivity index (χ0v) is 17.9. The molecule has 3 aromatic rings. The molecule has 0 spiro atoms. The quantitative estimate of drug-likeness (QED) is 0.549. The summed E-state index contributed by atoms with van der Waals surface area (Å²) in [5.74, 6) is -1.05. The van der Waals surface area contributed by atoms with E-state index in [0.717, 1.165) is 25.2 Å². The number of carbonyl (C=O) groups is 2. The van der Waals surface area contributed by atoms with Crippen molar-refractivity contribution in [2.24, 2.45) is 0 Å². The van der Waals surface area contributed by atoms with Gasteiger partial charge in [-0.1, -0.05) is 35.9 Å². The first-order chi connectivity index (χ1) is 14.9. The summed E-state index contributed by atoms with van der Waals surface area (Å²) in [7, 11) is 0. The SMILES string of the molecule is Cc1ccccc1C1CCN(c2ccc(NC(=O)c3ccc(Cl)cc3)c(C(=O)O)c2)C1. The van der Waals surface area contributed by atoms with Crippen molar-refractivity contribution in [1.29, 1.82) is 0 Å². The highest BCUT2D eigenvalue weighted by atomic mass is 35.5. The predicted molar refractivity (Wildman–Crippen MR) is 124 cm³/mol. The van der Waals surface area contributed by atoms with Crippen LogP contribution in [0.25, 0.3) is 0 Å². The van der Waals surface area contributed by atoms with Gasteiger partial charge >= 0.3 is 5.97 Å². The number of benzene rings is 3. The highest BCUT2D eigenvalue weighted by Crippen LogP contribution is 2.34. The van der Waals surface area contributed by atoms with Crippen LogP contribution in [0.3, 0.4) is 0 Å². The lowest BCUT2D eigenvalue weighted by molar-refractivity contribution is 0.0698. The molecule has 0 saturated carbocycles. The van der Waals surface area contributed by atoms with Crippen molar-refractivity contribution in [3.05, 3.63) is 94.0 Å². The molecule has 0 radical (unpaired) electrons. The number of rotatable bonds is 5. The average molecular weight is 435 g/mol. The summed E-state index contributed by atoms with van der Waals surface area (Å²) in [6, 6.07) is 20.0. The van der Waals surface area contributed by atoms with Gasteiger partial charge in [0.1, 0.15) is 0 Å². The monoisotopic (exact) mass is 434 g/mol. The van der Waals surface area contributed by atoms with E-state index in [1.165, 1.54) is 11.1 Å². The van der Waals surface area contributed by atoms with Crippen LogP contribution in [-0.2, 0) is 0 Å². The maximum absolute atomic E-state index is 12.5. The van der Waals surface area contributed by atoms with Gasteiger partial charge in [0.15, 0.2) is 0 Å². The van der Waals surface area contributed by atoms with Crippen molar-refractivity contribution in [2.45, 2.75) is 19.3 Å². The Labute approximate surface area is 186 Å². The number of aryl methyl sites for hydroxylation is 1. The number of hydrogen-bond acceptors (Lipinski definition) is 3. The molecule has 3 aromatic carbocycles. The second kappa shape index (κ2) is 8.82. The summed E-state index contributed by atoms with van der Waals surface area (Å²) in [4.78, 5) is 26.6. The van der Waals surface area contributed by atoms with E-state index in [1.54, 1.807) is 36.4 Å². The van der Waals surface area contributed by atoms with E-state index >= 15 is 0 Å². The molecule has 2 N–H and O–H groups in total. The Bertz CT molecular complexity index is 1130. The number of nitrogens with zero attached hydrogens (tertiary/aromatic N) is 1. The number of aromatic carboxylic acids is 1.